The molecule has 0 saturated carbocycles. The summed E-state index contributed by atoms with van der Waals surface area (Å²) in [7, 11) is 1.71. The van der Waals surface area contributed by atoms with Crippen molar-refractivity contribution in [3.8, 4) is 11.4 Å². The zero-order valence-electron chi connectivity index (χ0n) is 14.3. The third-order valence-corrected chi connectivity index (χ3v) is 5.15. The van der Waals surface area contributed by atoms with Crippen LogP contribution >= 0.6 is 22.9 Å². The molecule has 0 atom stereocenters. The van der Waals surface area contributed by atoms with Crippen molar-refractivity contribution in [3.05, 3.63) is 67.5 Å². The van der Waals surface area contributed by atoms with Crippen LogP contribution in [-0.2, 0) is 17.8 Å². The second kappa shape index (κ2) is 7.80. The average molecular weight is 389 g/mol. The Morgan fingerprint density at radius 3 is 2.77 bits per heavy atom. The highest BCUT2D eigenvalue weighted by Crippen LogP contribution is 2.22. The zero-order valence-corrected chi connectivity index (χ0v) is 15.9. The Morgan fingerprint density at radius 2 is 2.15 bits per heavy atom. The van der Waals surface area contributed by atoms with Gasteiger partial charge in [-0.2, -0.15) is 0 Å². The van der Waals surface area contributed by atoms with Crippen LogP contribution in [0.1, 0.15) is 16.1 Å². The number of aromatic amines is 1. The predicted molar refractivity (Wildman–Crippen MR) is 102 cm³/mol. The van der Waals surface area contributed by atoms with Gasteiger partial charge in [-0.05, 0) is 31.2 Å². The second-order valence-electron chi connectivity index (χ2n) is 5.85. The summed E-state index contributed by atoms with van der Waals surface area (Å²) in [6.45, 7) is 2.19. The van der Waals surface area contributed by atoms with Gasteiger partial charge in [0.2, 0.25) is 5.91 Å². The summed E-state index contributed by atoms with van der Waals surface area (Å²) in [6, 6.07) is 7.28. The standard InChI is InChI=1S/C18H17ClN4O2S/c1-11-14(8-16(24)23(2)10-13-5-6-15(19)26-13)18(25)22-17(21-11)12-4-3-7-20-9-12/h3-7,9H,8,10H2,1-2H3,(H,21,22,25). The van der Waals surface area contributed by atoms with Crippen LogP contribution in [0.15, 0.2) is 41.5 Å². The summed E-state index contributed by atoms with van der Waals surface area (Å²) >= 11 is 7.35. The lowest BCUT2D eigenvalue weighted by molar-refractivity contribution is -0.129. The minimum absolute atomic E-state index is 0.00288. The van der Waals surface area contributed by atoms with E-state index in [9.17, 15) is 9.59 Å². The molecule has 3 aromatic rings. The molecule has 26 heavy (non-hydrogen) atoms. The Balaban J connectivity index is 1.77. The second-order valence-corrected chi connectivity index (χ2v) is 7.65. The molecule has 8 heteroatoms. The molecule has 0 unspecified atom stereocenters. The number of aryl methyl sites for hydroxylation is 1. The molecule has 134 valence electrons. The minimum atomic E-state index is -0.308. The van der Waals surface area contributed by atoms with E-state index in [4.69, 9.17) is 11.6 Å². The Morgan fingerprint density at radius 1 is 1.35 bits per heavy atom. The fourth-order valence-electron chi connectivity index (χ4n) is 2.50. The maximum absolute atomic E-state index is 12.5. The molecule has 0 saturated heterocycles. The van der Waals surface area contributed by atoms with E-state index in [-0.39, 0.29) is 17.9 Å². The zero-order chi connectivity index (χ0) is 18.7. The third kappa shape index (κ3) is 4.17. The van der Waals surface area contributed by atoms with Crippen LogP contribution in [0.4, 0.5) is 0 Å². The number of pyridine rings is 1. The topological polar surface area (TPSA) is 79.0 Å². The molecular formula is C18H17ClN4O2S. The summed E-state index contributed by atoms with van der Waals surface area (Å²) in [5.41, 5.74) is 1.32. The van der Waals surface area contributed by atoms with E-state index in [0.29, 0.717) is 28.0 Å². The Hall–Kier alpha value is -2.51. The first-order chi connectivity index (χ1) is 12.4. The summed E-state index contributed by atoms with van der Waals surface area (Å²) in [6.07, 6.45) is 3.28. The molecule has 1 N–H and O–H groups in total. The van der Waals surface area contributed by atoms with Crippen molar-refractivity contribution in [2.75, 3.05) is 7.05 Å². The molecule has 0 aromatic carbocycles. The first-order valence-corrected chi connectivity index (χ1v) is 9.12. The van der Waals surface area contributed by atoms with Crippen LogP contribution in [0.5, 0.6) is 0 Å². The van der Waals surface area contributed by atoms with Gasteiger partial charge in [-0.1, -0.05) is 11.6 Å². The minimum Gasteiger partial charge on any atom is -0.340 e. The van der Waals surface area contributed by atoms with Gasteiger partial charge in [0.15, 0.2) is 0 Å². The van der Waals surface area contributed by atoms with Crippen molar-refractivity contribution < 1.29 is 4.79 Å². The normalized spacial score (nSPS) is 10.7. The van der Waals surface area contributed by atoms with Gasteiger partial charge in [0.05, 0.1) is 17.3 Å². The van der Waals surface area contributed by atoms with E-state index in [1.807, 2.05) is 12.1 Å². The SMILES string of the molecule is Cc1nc(-c2cccnc2)[nH]c(=O)c1CC(=O)N(C)Cc1ccc(Cl)s1. The number of hydrogen-bond acceptors (Lipinski definition) is 5. The van der Waals surface area contributed by atoms with Crippen molar-refractivity contribution >= 4 is 28.8 Å². The number of nitrogens with zero attached hydrogens (tertiary/aromatic N) is 3. The van der Waals surface area contributed by atoms with Gasteiger partial charge in [-0.3, -0.25) is 14.6 Å². The molecule has 0 radical (unpaired) electrons. The smallest absolute Gasteiger partial charge is 0.255 e. The molecule has 1 amide bonds. The van der Waals surface area contributed by atoms with E-state index < -0.39 is 0 Å². The molecule has 3 rings (SSSR count). The van der Waals surface area contributed by atoms with Crippen molar-refractivity contribution in [1.82, 2.24) is 19.9 Å². The van der Waals surface area contributed by atoms with E-state index >= 15 is 0 Å². The quantitative estimate of drug-likeness (QED) is 0.728. The molecule has 0 aliphatic rings. The number of thiophene rings is 1. The van der Waals surface area contributed by atoms with E-state index in [0.717, 1.165) is 10.4 Å². The summed E-state index contributed by atoms with van der Waals surface area (Å²) in [5, 5.41) is 0. The molecule has 6 nitrogen and oxygen atoms in total. The molecule has 0 spiro atoms. The lowest BCUT2D eigenvalue weighted by Crippen LogP contribution is -2.30. The number of rotatable bonds is 5. The van der Waals surface area contributed by atoms with Gasteiger partial charge in [0.1, 0.15) is 5.82 Å². The molecule has 0 bridgehead atoms. The number of H-pyrrole nitrogens is 1. The number of likely N-dealkylation sites (N-methyl/N-ethyl adjacent to an activating group) is 1. The molecule has 0 aliphatic heterocycles. The highest BCUT2D eigenvalue weighted by Gasteiger charge is 2.17. The Bertz CT molecular complexity index is 984. The van der Waals surface area contributed by atoms with Crippen LogP contribution in [0.3, 0.4) is 0 Å². The number of hydrogen-bond donors (Lipinski definition) is 1. The van der Waals surface area contributed by atoms with Crippen molar-refractivity contribution in [2.24, 2.45) is 0 Å². The Labute approximate surface area is 159 Å². The van der Waals surface area contributed by atoms with Gasteiger partial charge < -0.3 is 9.88 Å². The first kappa shape index (κ1) is 18.3. The number of carbonyl (C=O) groups is 1. The summed E-state index contributed by atoms with van der Waals surface area (Å²) < 4.78 is 0.684. The van der Waals surface area contributed by atoms with E-state index in [1.54, 1.807) is 43.4 Å². The molecule has 3 aromatic heterocycles. The summed E-state index contributed by atoms with van der Waals surface area (Å²) in [4.78, 5) is 38.7. The maximum atomic E-state index is 12.5. The van der Waals surface area contributed by atoms with Crippen LogP contribution < -0.4 is 5.56 Å². The van der Waals surface area contributed by atoms with Crippen LogP contribution in [0.2, 0.25) is 4.34 Å². The first-order valence-electron chi connectivity index (χ1n) is 7.92. The van der Waals surface area contributed by atoms with Crippen molar-refractivity contribution in [3.63, 3.8) is 0 Å². The molecule has 3 heterocycles. The van der Waals surface area contributed by atoms with Gasteiger partial charge >= 0.3 is 0 Å². The summed E-state index contributed by atoms with van der Waals surface area (Å²) in [5.74, 6) is 0.289. The number of amides is 1. The monoisotopic (exact) mass is 388 g/mol. The van der Waals surface area contributed by atoms with Crippen molar-refractivity contribution in [1.29, 1.82) is 0 Å². The fourth-order valence-corrected chi connectivity index (χ4v) is 3.64. The van der Waals surface area contributed by atoms with Crippen LogP contribution in [-0.4, -0.2) is 32.8 Å². The average Bonchev–Trinajstić information content (AvgIpc) is 3.03. The number of nitrogens with one attached hydrogen (secondary N) is 1. The lowest BCUT2D eigenvalue weighted by atomic mass is 10.1. The number of aromatic nitrogens is 3. The van der Waals surface area contributed by atoms with E-state index in [1.165, 1.54) is 11.3 Å². The van der Waals surface area contributed by atoms with Gasteiger partial charge in [0, 0.05) is 41.1 Å². The van der Waals surface area contributed by atoms with Crippen LogP contribution in [0, 0.1) is 6.92 Å². The molecular weight excluding hydrogens is 372 g/mol. The number of carbonyl (C=O) groups excluding carboxylic acids is 1. The maximum Gasteiger partial charge on any atom is 0.255 e. The van der Waals surface area contributed by atoms with Gasteiger partial charge in [-0.25, -0.2) is 4.98 Å². The van der Waals surface area contributed by atoms with Gasteiger partial charge in [-0.15, -0.1) is 11.3 Å². The van der Waals surface area contributed by atoms with E-state index in [2.05, 4.69) is 15.0 Å². The highest BCUT2D eigenvalue weighted by molar-refractivity contribution is 7.16. The lowest BCUT2D eigenvalue weighted by Gasteiger charge is -2.16. The van der Waals surface area contributed by atoms with Crippen LogP contribution in [0.25, 0.3) is 11.4 Å². The number of halogens is 1. The third-order valence-electron chi connectivity index (χ3n) is 3.93. The van der Waals surface area contributed by atoms with Crippen molar-refractivity contribution in [2.45, 2.75) is 19.9 Å². The largest absolute Gasteiger partial charge is 0.340 e. The Kier molecular flexibility index (Phi) is 5.49. The molecule has 0 aliphatic carbocycles. The fraction of sp³-hybridized carbons (Fsp3) is 0.222. The van der Waals surface area contributed by atoms with Gasteiger partial charge in [0.25, 0.3) is 5.56 Å². The predicted octanol–water partition coefficient (Wildman–Crippen LogP) is 3.06. The molecule has 0 fully saturated rings. The highest BCUT2D eigenvalue weighted by atomic mass is 35.5.